The van der Waals surface area contributed by atoms with E-state index in [-0.39, 0.29) is 11.1 Å². The van der Waals surface area contributed by atoms with Crippen LogP contribution in [0.5, 0.6) is 0 Å². The Morgan fingerprint density at radius 3 is 2.50 bits per heavy atom. The molecule has 1 aromatic rings. The van der Waals surface area contributed by atoms with Crippen LogP contribution in [0.15, 0.2) is 18.2 Å². The number of rotatable bonds is 1. The number of carbonyl (C=O) groups is 1. The summed E-state index contributed by atoms with van der Waals surface area (Å²) in [5.74, 6) is -1.32. The van der Waals surface area contributed by atoms with Gasteiger partial charge in [-0.2, -0.15) is 5.26 Å². The predicted molar refractivity (Wildman–Crippen MR) is 56.3 cm³/mol. The van der Waals surface area contributed by atoms with E-state index in [1.54, 1.807) is 26.8 Å². The topological polar surface area (TPSA) is 50.1 Å². The molecule has 4 heteroatoms. The highest BCUT2D eigenvalue weighted by Crippen LogP contribution is 2.14. The molecular formula is C12H12FNO2. The van der Waals surface area contributed by atoms with Crippen LogP contribution in [-0.2, 0) is 4.74 Å². The van der Waals surface area contributed by atoms with Crippen LogP contribution in [0.2, 0.25) is 0 Å². The fourth-order valence-corrected chi connectivity index (χ4v) is 1.07. The summed E-state index contributed by atoms with van der Waals surface area (Å²) in [6.07, 6.45) is 0. The number of hydrogen-bond donors (Lipinski definition) is 0. The summed E-state index contributed by atoms with van der Waals surface area (Å²) in [6.45, 7) is 5.18. The largest absolute Gasteiger partial charge is 0.456 e. The van der Waals surface area contributed by atoms with Gasteiger partial charge in [0.2, 0.25) is 0 Å². The summed E-state index contributed by atoms with van der Waals surface area (Å²) in [5, 5.41) is 8.53. The van der Waals surface area contributed by atoms with Crippen molar-refractivity contribution in [2.75, 3.05) is 0 Å². The average molecular weight is 221 g/mol. The molecule has 0 atom stereocenters. The molecule has 0 unspecified atom stereocenters. The van der Waals surface area contributed by atoms with Gasteiger partial charge in [0.05, 0.1) is 11.1 Å². The first-order valence-electron chi connectivity index (χ1n) is 4.76. The number of nitrogens with zero attached hydrogens (tertiary/aromatic N) is 1. The zero-order valence-electron chi connectivity index (χ0n) is 9.37. The second kappa shape index (κ2) is 4.31. The Morgan fingerprint density at radius 1 is 1.44 bits per heavy atom. The number of carbonyl (C=O) groups excluding carboxylic acids is 1. The van der Waals surface area contributed by atoms with Gasteiger partial charge in [-0.25, -0.2) is 9.18 Å². The summed E-state index contributed by atoms with van der Waals surface area (Å²) < 4.78 is 18.3. The Labute approximate surface area is 93.5 Å². The van der Waals surface area contributed by atoms with E-state index in [0.717, 1.165) is 6.07 Å². The quantitative estimate of drug-likeness (QED) is 0.685. The third-order valence-electron chi connectivity index (χ3n) is 1.72. The lowest BCUT2D eigenvalue weighted by Gasteiger charge is -2.19. The van der Waals surface area contributed by atoms with Gasteiger partial charge in [-0.1, -0.05) is 0 Å². The molecule has 3 nitrogen and oxygen atoms in total. The first kappa shape index (κ1) is 12.2. The maximum Gasteiger partial charge on any atom is 0.338 e. The highest BCUT2D eigenvalue weighted by Gasteiger charge is 2.18. The number of benzene rings is 1. The third-order valence-corrected chi connectivity index (χ3v) is 1.72. The Kier molecular flexibility index (Phi) is 3.28. The minimum Gasteiger partial charge on any atom is -0.456 e. The van der Waals surface area contributed by atoms with Gasteiger partial charge in [-0.05, 0) is 39.0 Å². The second-order valence-corrected chi connectivity index (χ2v) is 4.31. The smallest absolute Gasteiger partial charge is 0.338 e. The highest BCUT2D eigenvalue weighted by molar-refractivity contribution is 5.89. The van der Waals surface area contributed by atoms with Gasteiger partial charge in [-0.15, -0.1) is 0 Å². The van der Waals surface area contributed by atoms with Gasteiger partial charge in [0.1, 0.15) is 17.5 Å². The Hall–Kier alpha value is -1.89. The van der Waals surface area contributed by atoms with E-state index in [1.165, 1.54) is 12.1 Å². The first-order chi connectivity index (χ1) is 7.33. The van der Waals surface area contributed by atoms with Crippen LogP contribution in [0.4, 0.5) is 4.39 Å². The van der Waals surface area contributed by atoms with Gasteiger partial charge in [0, 0.05) is 0 Å². The Balaban J connectivity index is 2.95. The minimum absolute atomic E-state index is 0.0905. The lowest BCUT2D eigenvalue weighted by atomic mass is 10.1. The van der Waals surface area contributed by atoms with E-state index in [1.807, 2.05) is 0 Å². The molecule has 16 heavy (non-hydrogen) atoms. The Morgan fingerprint density at radius 2 is 2.06 bits per heavy atom. The summed E-state index contributed by atoms with van der Waals surface area (Å²) in [7, 11) is 0. The molecular weight excluding hydrogens is 209 g/mol. The van der Waals surface area contributed by atoms with Gasteiger partial charge in [-0.3, -0.25) is 0 Å². The molecule has 84 valence electrons. The van der Waals surface area contributed by atoms with E-state index >= 15 is 0 Å². The van der Waals surface area contributed by atoms with Crippen molar-refractivity contribution < 1.29 is 13.9 Å². The fourth-order valence-electron chi connectivity index (χ4n) is 1.07. The van der Waals surface area contributed by atoms with E-state index in [4.69, 9.17) is 10.00 Å². The molecule has 1 rings (SSSR count). The van der Waals surface area contributed by atoms with Gasteiger partial charge < -0.3 is 4.74 Å². The summed E-state index contributed by atoms with van der Waals surface area (Å²) in [5.41, 5.74) is -0.611. The average Bonchev–Trinajstić information content (AvgIpc) is 2.15. The van der Waals surface area contributed by atoms with Crippen molar-refractivity contribution in [3.05, 3.63) is 35.1 Å². The van der Waals surface area contributed by atoms with Gasteiger partial charge in [0.25, 0.3) is 0 Å². The summed E-state index contributed by atoms with van der Waals surface area (Å²) >= 11 is 0. The maximum absolute atomic E-state index is 13.2. The molecule has 0 heterocycles. The molecule has 0 radical (unpaired) electrons. The van der Waals surface area contributed by atoms with Crippen molar-refractivity contribution in [2.45, 2.75) is 26.4 Å². The number of halogens is 1. The van der Waals surface area contributed by atoms with E-state index < -0.39 is 17.4 Å². The zero-order valence-corrected chi connectivity index (χ0v) is 9.37. The molecule has 0 saturated carbocycles. The van der Waals surface area contributed by atoms with Crippen molar-refractivity contribution in [2.24, 2.45) is 0 Å². The Bertz CT molecular complexity index is 455. The SMILES string of the molecule is CC(C)(C)OC(=O)c1ccc(C#N)c(F)c1. The first-order valence-corrected chi connectivity index (χ1v) is 4.76. The monoisotopic (exact) mass is 221 g/mol. The minimum atomic E-state index is -0.717. The van der Waals surface area contributed by atoms with Crippen LogP contribution < -0.4 is 0 Å². The molecule has 0 aliphatic carbocycles. The van der Waals surface area contributed by atoms with Crippen molar-refractivity contribution in [1.82, 2.24) is 0 Å². The normalized spacial score (nSPS) is 10.7. The maximum atomic E-state index is 13.2. The standard InChI is InChI=1S/C12H12FNO2/c1-12(2,3)16-11(15)8-4-5-9(7-14)10(13)6-8/h4-6H,1-3H3. The molecule has 0 N–H and O–H groups in total. The van der Waals surface area contributed by atoms with Gasteiger partial charge in [0.15, 0.2) is 0 Å². The molecule has 0 spiro atoms. The molecule has 0 fully saturated rings. The summed E-state index contributed by atoms with van der Waals surface area (Å²) in [6, 6.07) is 5.32. The van der Waals surface area contributed by atoms with Crippen molar-refractivity contribution in [1.29, 1.82) is 5.26 Å². The summed E-state index contributed by atoms with van der Waals surface area (Å²) in [4.78, 5) is 11.5. The van der Waals surface area contributed by atoms with Gasteiger partial charge >= 0.3 is 5.97 Å². The van der Waals surface area contributed by atoms with E-state index in [9.17, 15) is 9.18 Å². The lowest BCUT2D eigenvalue weighted by Crippen LogP contribution is -2.23. The molecule has 0 saturated heterocycles. The van der Waals surface area contributed by atoms with Crippen molar-refractivity contribution in [3.63, 3.8) is 0 Å². The van der Waals surface area contributed by atoms with Crippen LogP contribution in [-0.4, -0.2) is 11.6 Å². The van der Waals surface area contributed by atoms with Crippen LogP contribution in [0.1, 0.15) is 36.7 Å². The molecule has 0 aliphatic rings. The van der Waals surface area contributed by atoms with Crippen LogP contribution in [0.25, 0.3) is 0 Å². The zero-order chi connectivity index (χ0) is 12.3. The van der Waals surface area contributed by atoms with E-state index in [0.29, 0.717) is 0 Å². The van der Waals surface area contributed by atoms with E-state index in [2.05, 4.69) is 0 Å². The molecule has 1 aromatic carbocycles. The van der Waals surface area contributed by atoms with Crippen molar-refractivity contribution >= 4 is 5.97 Å². The number of nitriles is 1. The molecule has 0 bridgehead atoms. The van der Waals surface area contributed by atoms with Crippen LogP contribution >= 0.6 is 0 Å². The molecule has 0 aromatic heterocycles. The third kappa shape index (κ3) is 3.06. The lowest BCUT2D eigenvalue weighted by molar-refractivity contribution is 0.00690. The van der Waals surface area contributed by atoms with Crippen LogP contribution in [0.3, 0.4) is 0 Å². The number of ether oxygens (including phenoxy) is 1. The highest BCUT2D eigenvalue weighted by atomic mass is 19.1. The second-order valence-electron chi connectivity index (χ2n) is 4.31. The van der Waals surface area contributed by atoms with Crippen LogP contribution in [0, 0.1) is 17.1 Å². The van der Waals surface area contributed by atoms with Crippen molar-refractivity contribution in [3.8, 4) is 6.07 Å². The molecule has 0 aliphatic heterocycles. The predicted octanol–water partition coefficient (Wildman–Crippen LogP) is 2.65. The molecule has 0 amide bonds. The number of hydrogen-bond acceptors (Lipinski definition) is 3. The number of esters is 1. The fraction of sp³-hybridized carbons (Fsp3) is 0.333.